The van der Waals surface area contributed by atoms with Crippen LogP contribution in [0.2, 0.25) is 0 Å². The van der Waals surface area contributed by atoms with Crippen LogP contribution in [0.15, 0.2) is 12.4 Å². The molecule has 128 valence electrons. The van der Waals surface area contributed by atoms with Gasteiger partial charge < -0.3 is 19.5 Å². The van der Waals surface area contributed by atoms with Crippen molar-refractivity contribution in [2.24, 2.45) is 0 Å². The second-order valence-electron chi connectivity index (χ2n) is 7.04. The smallest absolute Gasteiger partial charge is 0.224 e. The number of nitrogens with zero attached hydrogens (tertiary/aromatic N) is 4. The summed E-state index contributed by atoms with van der Waals surface area (Å²) < 4.78 is 2.00. The standard InChI is InChI=1S/C17H28N4O2/c1-15-18-7-12-20(15)11-5-16(22)21-10-4-6-17(23,14-21)13-19-8-2-3-9-19/h7,12,23H,2-6,8-11,13-14H2,1H3/t17-/m0/s1. The Kier molecular flexibility index (Phi) is 5.02. The third-order valence-electron chi connectivity index (χ3n) is 5.11. The van der Waals surface area contributed by atoms with Crippen LogP contribution in [-0.4, -0.2) is 68.7 Å². The highest BCUT2D eigenvalue weighted by Crippen LogP contribution is 2.24. The van der Waals surface area contributed by atoms with Crippen LogP contribution >= 0.6 is 0 Å². The maximum absolute atomic E-state index is 12.5. The lowest BCUT2D eigenvalue weighted by Gasteiger charge is -2.41. The zero-order chi connectivity index (χ0) is 16.3. The zero-order valence-electron chi connectivity index (χ0n) is 14.1. The number of carbonyl (C=O) groups is 1. The molecule has 23 heavy (non-hydrogen) atoms. The van der Waals surface area contributed by atoms with E-state index in [2.05, 4.69) is 9.88 Å². The molecule has 6 nitrogen and oxygen atoms in total. The molecule has 1 aromatic rings. The molecular weight excluding hydrogens is 292 g/mol. The van der Waals surface area contributed by atoms with Gasteiger partial charge in [0.25, 0.3) is 0 Å². The van der Waals surface area contributed by atoms with Crippen LogP contribution in [0.1, 0.15) is 37.9 Å². The third kappa shape index (κ3) is 4.12. The molecule has 1 aromatic heterocycles. The highest BCUT2D eigenvalue weighted by atomic mass is 16.3. The van der Waals surface area contributed by atoms with Gasteiger partial charge in [-0.2, -0.15) is 0 Å². The van der Waals surface area contributed by atoms with Gasteiger partial charge in [0.1, 0.15) is 5.82 Å². The van der Waals surface area contributed by atoms with Crippen molar-refractivity contribution in [1.82, 2.24) is 19.4 Å². The average molecular weight is 320 g/mol. The Hall–Kier alpha value is -1.40. The minimum absolute atomic E-state index is 0.137. The van der Waals surface area contributed by atoms with E-state index in [0.717, 1.165) is 38.3 Å². The number of carbonyl (C=O) groups excluding carboxylic acids is 1. The molecule has 0 spiro atoms. The molecule has 1 atom stereocenters. The molecule has 2 aliphatic heterocycles. The Bertz CT molecular complexity index is 538. The number of β-amino-alcohol motifs (C(OH)–C–C–N with tert-alkyl or cyclic N) is 1. The first kappa shape index (κ1) is 16.5. The SMILES string of the molecule is Cc1nccn1CCC(=O)N1CCC[C@](O)(CN2CCCC2)C1. The Morgan fingerprint density at radius 3 is 2.78 bits per heavy atom. The first-order valence-corrected chi connectivity index (χ1v) is 8.76. The fraction of sp³-hybridized carbons (Fsp3) is 0.765. The Balaban J connectivity index is 1.52. The maximum atomic E-state index is 12.5. The van der Waals surface area contributed by atoms with Crippen LogP contribution in [0.25, 0.3) is 0 Å². The predicted octanol–water partition coefficient (Wildman–Crippen LogP) is 1.03. The largest absolute Gasteiger partial charge is 0.387 e. The molecule has 3 heterocycles. The third-order valence-corrected chi connectivity index (χ3v) is 5.11. The lowest BCUT2D eigenvalue weighted by molar-refractivity contribution is -0.139. The van der Waals surface area contributed by atoms with Crippen molar-refractivity contribution in [3.8, 4) is 0 Å². The van der Waals surface area contributed by atoms with E-state index in [-0.39, 0.29) is 5.91 Å². The number of aryl methyl sites for hydroxylation is 2. The summed E-state index contributed by atoms with van der Waals surface area (Å²) in [7, 11) is 0. The summed E-state index contributed by atoms with van der Waals surface area (Å²) in [5.41, 5.74) is -0.733. The number of aliphatic hydroxyl groups is 1. The van der Waals surface area contributed by atoms with Crippen molar-refractivity contribution >= 4 is 5.91 Å². The number of rotatable bonds is 5. The molecule has 2 fully saturated rings. The van der Waals surface area contributed by atoms with Crippen LogP contribution in [0.3, 0.4) is 0 Å². The quantitative estimate of drug-likeness (QED) is 0.880. The zero-order valence-corrected chi connectivity index (χ0v) is 14.1. The molecule has 0 aromatic carbocycles. The van der Waals surface area contributed by atoms with E-state index in [4.69, 9.17) is 0 Å². The number of hydrogen-bond acceptors (Lipinski definition) is 4. The summed E-state index contributed by atoms with van der Waals surface area (Å²) >= 11 is 0. The number of aromatic nitrogens is 2. The van der Waals surface area contributed by atoms with Crippen LogP contribution < -0.4 is 0 Å². The summed E-state index contributed by atoms with van der Waals surface area (Å²) in [6.07, 6.45) is 8.27. The van der Waals surface area contributed by atoms with Crippen LogP contribution in [-0.2, 0) is 11.3 Å². The first-order valence-electron chi connectivity index (χ1n) is 8.76. The fourth-order valence-corrected chi connectivity index (χ4v) is 3.83. The van der Waals surface area contributed by atoms with E-state index in [1.54, 1.807) is 6.20 Å². The van der Waals surface area contributed by atoms with E-state index < -0.39 is 5.60 Å². The molecule has 0 saturated carbocycles. The van der Waals surface area contributed by atoms with Gasteiger partial charge in [-0.05, 0) is 45.7 Å². The van der Waals surface area contributed by atoms with Gasteiger partial charge in [0.05, 0.1) is 12.1 Å². The molecule has 2 aliphatic rings. The Morgan fingerprint density at radius 2 is 2.09 bits per heavy atom. The first-order chi connectivity index (χ1) is 11.1. The van der Waals surface area contributed by atoms with E-state index in [1.807, 2.05) is 22.6 Å². The van der Waals surface area contributed by atoms with E-state index >= 15 is 0 Å². The molecule has 0 bridgehead atoms. The molecule has 1 amide bonds. The fourth-order valence-electron chi connectivity index (χ4n) is 3.83. The molecule has 3 rings (SSSR count). The van der Waals surface area contributed by atoms with Gasteiger partial charge in [-0.25, -0.2) is 4.98 Å². The topological polar surface area (TPSA) is 61.6 Å². The monoisotopic (exact) mass is 320 g/mol. The van der Waals surface area contributed by atoms with Gasteiger partial charge >= 0.3 is 0 Å². The molecule has 2 saturated heterocycles. The Labute approximate surface area is 138 Å². The summed E-state index contributed by atoms with van der Waals surface area (Å²) in [5.74, 6) is 1.07. The number of piperidine rings is 1. The maximum Gasteiger partial charge on any atom is 0.224 e. The Morgan fingerprint density at radius 1 is 1.30 bits per heavy atom. The number of imidazole rings is 1. The van der Waals surface area contributed by atoms with Crippen molar-refractivity contribution in [1.29, 1.82) is 0 Å². The van der Waals surface area contributed by atoms with Crippen LogP contribution in [0, 0.1) is 6.92 Å². The summed E-state index contributed by atoms with van der Waals surface area (Å²) in [6, 6.07) is 0. The second kappa shape index (κ2) is 7.01. The van der Waals surface area contributed by atoms with Gasteiger partial charge in [-0.1, -0.05) is 0 Å². The molecule has 6 heteroatoms. The second-order valence-corrected chi connectivity index (χ2v) is 7.04. The van der Waals surface area contributed by atoms with Gasteiger partial charge in [0.15, 0.2) is 0 Å². The molecule has 0 aliphatic carbocycles. The number of hydrogen-bond donors (Lipinski definition) is 1. The molecule has 1 N–H and O–H groups in total. The number of amides is 1. The lowest BCUT2D eigenvalue weighted by Crippen LogP contribution is -2.55. The molecular formula is C17H28N4O2. The van der Waals surface area contributed by atoms with E-state index in [1.165, 1.54) is 12.8 Å². The lowest BCUT2D eigenvalue weighted by atomic mass is 9.92. The van der Waals surface area contributed by atoms with Gasteiger partial charge in [-0.3, -0.25) is 4.79 Å². The van der Waals surface area contributed by atoms with Crippen LogP contribution in [0.5, 0.6) is 0 Å². The van der Waals surface area contributed by atoms with Crippen LogP contribution in [0.4, 0.5) is 0 Å². The summed E-state index contributed by atoms with van der Waals surface area (Å²) in [4.78, 5) is 20.9. The highest BCUT2D eigenvalue weighted by molar-refractivity contribution is 5.76. The van der Waals surface area contributed by atoms with Crippen molar-refractivity contribution in [2.75, 3.05) is 32.7 Å². The van der Waals surface area contributed by atoms with Crippen molar-refractivity contribution in [3.63, 3.8) is 0 Å². The van der Waals surface area contributed by atoms with Gasteiger partial charge in [-0.15, -0.1) is 0 Å². The summed E-state index contributed by atoms with van der Waals surface area (Å²) in [5, 5.41) is 10.9. The van der Waals surface area contributed by atoms with Crippen molar-refractivity contribution in [3.05, 3.63) is 18.2 Å². The van der Waals surface area contributed by atoms with Crippen molar-refractivity contribution in [2.45, 2.75) is 51.2 Å². The highest BCUT2D eigenvalue weighted by Gasteiger charge is 2.36. The minimum Gasteiger partial charge on any atom is -0.387 e. The van der Waals surface area contributed by atoms with Crippen molar-refractivity contribution < 1.29 is 9.90 Å². The predicted molar refractivity (Wildman–Crippen MR) is 88.0 cm³/mol. The normalized spacial score (nSPS) is 25.9. The van der Waals surface area contributed by atoms with Gasteiger partial charge in [0.2, 0.25) is 5.91 Å². The number of likely N-dealkylation sites (tertiary alicyclic amines) is 2. The minimum atomic E-state index is -0.733. The average Bonchev–Trinajstić information content (AvgIpc) is 3.16. The summed E-state index contributed by atoms with van der Waals surface area (Å²) in [6.45, 7) is 6.71. The van der Waals surface area contributed by atoms with Gasteiger partial charge in [0, 0.05) is 38.4 Å². The molecule has 0 radical (unpaired) electrons. The van der Waals surface area contributed by atoms with E-state index in [0.29, 0.717) is 26.1 Å². The van der Waals surface area contributed by atoms with E-state index in [9.17, 15) is 9.90 Å². The molecule has 0 unspecified atom stereocenters.